The highest BCUT2D eigenvalue weighted by Crippen LogP contribution is 2.22. The zero-order valence-corrected chi connectivity index (χ0v) is 16.0. The molecule has 0 saturated heterocycles. The normalized spacial score (nSPS) is 15.8. The molecular formula is C16H22ClN5O2S. The van der Waals surface area contributed by atoms with E-state index in [0.29, 0.717) is 23.8 Å². The molecule has 1 N–H and O–H groups in total. The van der Waals surface area contributed by atoms with E-state index in [-0.39, 0.29) is 23.7 Å². The lowest BCUT2D eigenvalue weighted by Crippen LogP contribution is -2.37. The van der Waals surface area contributed by atoms with Crippen LogP contribution in [0.2, 0.25) is 0 Å². The van der Waals surface area contributed by atoms with Crippen LogP contribution in [0.4, 0.5) is 0 Å². The molecule has 9 heteroatoms. The molecule has 0 amide bonds. The standard InChI is InChI=1S/C16H21N5O2S.ClH/c1-19-13-12(14(22)20(2)16(19)23)21-11(9-24-15(21)18-13)8-17-10-6-4-3-5-7-10;/h9-10,17H,3-8H2,1-2H3;1H. The molecule has 136 valence electrons. The predicted molar refractivity (Wildman–Crippen MR) is 102 cm³/mol. The van der Waals surface area contributed by atoms with E-state index in [0.717, 1.165) is 15.2 Å². The SMILES string of the molecule is Cl.Cn1c(=O)c2c(nc3scc(CNC4CCCCC4)n32)n(C)c1=O. The van der Waals surface area contributed by atoms with Crippen LogP contribution >= 0.6 is 23.7 Å². The summed E-state index contributed by atoms with van der Waals surface area (Å²) >= 11 is 1.50. The number of nitrogens with one attached hydrogen (secondary N) is 1. The van der Waals surface area contributed by atoms with Crippen LogP contribution in [0, 0.1) is 0 Å². The summed E-state index contributed by atoms with van der Waals surface area (Å²) in [5.41, 5.74) is 1.32. The second-order valence-corrected chi connectivity index (χ2v) is 7.39. The van der Waals surface area contributed by atoms with E-state index < -0.39 is 0 Å². The Labute approximate surface area is 154 Å². The molecule has 4 rings (SSSR count). The first-order valence-electron chi connectivity index (χ1n) is 8.36. The first-order chi connectivity index (χ1) is 11.6. The van der Waals surface area contributed by atoms with E-state index in [1.165, 1.54) is 55.1 Å². The van der Waals surface area contributed by atoms with Gasteiger partial charge in [-0.25, -0.2) is 9.78 Å². The Balaban J connectivity index is 0.00000182. The van der Waals surface area contributed by atoms with Gasteiger partial charge in [0.25, 0.3) is 5.56 Å². The van der Waals surface area contributed by atoms with Crippen LogP contribution in [-0.2, 0) is 20.6 Å². The van der Waals surface area contributed by atoms with E-state index in [1.54, 1.807) is 7.05 Å². The second kappa shape index (κ2) is 6.93. The van der Waals surface area contributed by atoms with E-state index in [1.807, 2.05) is 9.78 Å². The van der Waals surface area contributed by atoms with Crippen LogP contribution < -0.4 is 16.6 Å². The zero-order chi connectivity index (χ0) is 16.8. The Hall–Kier alpha value is -1.64. The molecule has 3 aromatic rings. The number of imidazole rings is 1. The molecular weight excluding hydrogens is 362 g/mol. The maximum absolute atomic E-state index is 12.6. The summed E-state index contributed by atoms with van der Waals surface area (Å²) in [6, 6.07) is 0.552. The van der Waals surface area contributed by atoms with Crippen LogP contribution in [-0.4, -0.2) is 24.6 Å². The summed E-state index contributed by atoms with van der Waals surface area (Å²) in [6.45, 7) is 0.710. The molecule has 1 saturated carbocycles. The van der Waals surface area contributed by atoms with Gasteiger partial charge in [0.2, 0.25) is 0 Å². The maximum atomic E-state index is 12.6. The molecule has 0 atom stereocenters. The van der Waals surface area contributed by atoms with Crippen molar-refractivity contribution in [3.05, 3.63) is 31.9 Å². The molecule has 0 unspecified atom stereocenters. The van der Waals surface area contributed by atoms with E-state index in [4.69, 9.17) is 0 Å². The summed E-state index contributed by atoms with van der Waals surface area (Å²) in [7, 11) is 3.16. The first kappa shape index (κ1) is 18.2. The smallest absolute Gasteiger partial charge is 0.308 e. The minimum atomic E-state index is -0.347. The van der Waals surface area contributed by atoms with Crippen LogP contribution in [0.1, 0.15) is 37.8 Å². The summed E-state index contributed by atoms with van der Waals surface area (Å²) in [4.78, 5) is 29.9. The lowest BCUT2D eigenvalue weighted by molar-refractivity contribution is 0.371. The molecule has 3 aromatic heterocycles. The van der Waals surface area contributed by atoms with Gasteiger partial charge in [0.15, 0.2) is 16.1 Å². The fourth-order valence-corrected chi connectivity index (χ4v) is 4.45. The third-order valence-electron chi connectivity index (χ3n) is 4.99. The third kappa shape index (κ3) is 2.92. The first-order valence-corrected chi connectivity index (χ1v) is 9.24. The quantitative estimate of drug-likeness (QED) is 0.748. The molecule has 7 nitrogen and oxygen atoms in total. The molecule has 0 spiro atoms. The van der Waals surface area contributed by atoms with Crippen LogP contribution in [0.25, 0.3) is 16.1 Å². The molecule has 1 fully saturated rings. The number of rotatable bonds is 3. The maximum Gasteiger partial charge on any atom is 0.332 e. The highest BCUT2D eigenvalue weighted by Gasteiger charge is 2.19. The van der Waals surface area contributed by atoms with Crippen molar-refractivity contribution in [2.45, 2.75) is 44.7 Å². The van der Waals surface area contributed by atoms with Crippen molar-refractivity contribution in [3.8, 4) is 0 Å². The Kier molecular flexibility index (Phi) is 5.04. The van der Waals surface area contributed by atoms with E-state index in [9.17, 15) is 9.59 Å². The molecule has 0 aromatic carbocycles. The van der Waals surface area contributed by atoms with Crippen molar-refractivity contribution in [2.75, 3.05) is 0 Å². The average Bonchev–Trinajstić information content (AvgIpc) is 3.16. The fraction of sp³-hybridized carbons (Fsp3) is 0.562. The molecule has 0 radical (unpaired) electrons. The summed E-state index contributed by atoms with van der Waals surface area (Å²) < 4.78 is 4.48. The topological polar surface area (TPSA) is 73.3 Å². The van der Waals surface area contributed by atoms with Crippen molar-refractivity contribution in [1.29, 1.82) is 0 Å². The van der Waals surface area contributed by atoms with Gasteiger partial charge >= 0.3 is 5.69 Å². The zero-order valence-electron chi connectivity index (χ0n) is 14.3. The number of hydrogen-bond donors (Lipinski definition) is 1. The number of hydrogen-bond acceptors (Lipinski definition) is 5. The van der Waals surface area contributed by atoms with Gasteiger partial charge in [-0.1, -0.05) is 19.3 Å². The van der Waals surface area contributed by atoms with E-state index >= 15 is 0 Å². The Morgan fingerprint density at radius 2 is 1.92 bits per heavy atom. The number of aryl methyl sites for hydroxylation is 1. The summed E-state index contributed by atoms with van der Waals surface area (Å²) in [5, 5.41) is 5.66. The van der Waals surface area contributed by atoms with Crippen molar-refractivity contribution in [2.24, 2.45) is 14.1 Å². The Morgan fingerprint density at radius 3 is 2.64 bits per heavy atom. The molecule has 0 bridgehead atoms. The van der Waals surface area contributed by atoms with Gasteiger partial charge in [-0.3, -0.25) is 18.3 Å². The minimum absolute atomic E-state index is 0. The number of fused-ring (bicyclic) bond motifs is 3. The average molecular weight is 384 g/mol. The monoisotopic (exact) mass is 383 g/mol. The lowest BCUT2D eigenvalue weighted by atomic mass is 9.95. The highest BCUT2D eigenvalue weighted by molar-refractivity contribution is 7.15. The fourth-order valence-electron chi connectivity index (χ4n) is 3.57. The second-order valence-electron chi connectivity index (χ2n) is 6.55. The predicted octanol–water partition coefficient (Wildman–Crippen LogP) is 1.79. The Bertz CT molecular complexity index is 1030. The van der Waals surface area contributed by atoms with Crippen molar-refractivity contribution in [3.63, 3.8) is 0 Å². The molecule has 1 aliphatic carbocycles. The van der Waals surface area contributed by atoms with Gasteiger partial charge in [-0.2, -0.15) is 0 Å². The minimum Gasteiger partial charge on any atom is -0.308 e. The third-order valence-corrected chi connectivity index (χ3v) is 5.87. The molecule has 25 heavy (non-hydrogen) atoms. The van der Waals surface area contributed by atoms with Crippen LogP contribution in [0.5, 0.6) is 0 Å². The van der Waals surface area contributed by atoms with Gasteiger partial charge in [0.1, 0.15) is 0 Å². The van der Waals surface area contributed by atoms with Crippen molar-refractivity contribution >= 4 is 39.9 Å². The van der Waals surface area contributed by atoms with Gasteiger partial charge in [0.05, 0.1) is 0 Å². The van der Waals surface area contributed by atoms with Gasteiger partial charge in [-0.05, 0) is 12.8 Å². The summed E-state index contributed by atoms with van der Waals surface area (Å²) in [6.07, 6.45) is 6.33. The largest absolute Gasteiger partial charge is 0.332 e. The summed E-state index contributed by atoms with van der Waals surface area (Å²) in [5.74, 6) is 0. The van der Waals surface area contributed by atoms with Crippen molar-refractivity contribution in [1.82, 2.24) is 23.8 Å². The van der Waals surface area contributed by atoms with Gasteiger partial charge in [0, 0.05) is 37.8 Å². The van der Waals surface area contributed by atoms with Gasteiger partial charge < -0.3 is 5.32 Å². The molecule has 0 aliphatic heterocycles. The molecule has 3 heterocycles. The number of aromatic nitrogens is 4. The Morgan fingerprint density at radius 1 is 1.20 bits per heavy atom. The van der Waals surface area contributed by atoms with E-state index in [2.05, 4.69) is 10.3 Å². The van der Waals surface area contributed by atoms with Crippen LogP contribution in [0.15, 0.2) is 15.0 Å². The van der Waals surface area contributed by atoms with Crippen LogP contribution in [0.3, 0.4) is 0 Å². The van der Waals surface area contributed by atoms with Crippen molar-refractivity contribution < 1.29 is 0 Å². The number of halogens is 1. The van der Waals surface area contributed by atoms with Gasteiger partial charge in [-0.15, -0.1) is 23.7 Å². The molecule has 1 aliphatic rings. The lowest BCUT2D eigenvalue weighted by Gasteiger charge is -2.22. The highest BCUT2D eigenvalue weighted by atomic mass is 35.5. The number of nitrogens with zero attached hydrogens (tertiary/aromatic N) is 4. The number of thiazole rings is 1.